The van der Waals surface area contributed by atoms with E-state index in [9.17, 15) is 4.79 Å². The van der Waals surface area contributed by atoms with Gasteiger partial charge in [0.1, 0.15) is 16.9 Å². The topological polar surface area (TPSA) is 85.8 Å². The Bertz CT molecular complexity index is 1210. The molecule has 1 amide bonds. The van der Waals surface area contributed by atoms with Crippen molar-refractivity contribution in [2.75, 3.05) is 5.73 Å². The number of aromatic nitrogens is 3. The fraction of sp³-hybridized carbons (Fsp3) is 0.320. The van der Waals surface area contributed by atoms with E-state index in [1.807, 2.05) is 66.1 Å². The minimum atomic E-state index is -0.209. The molecule has 0 aliphatic rings. The molecule has 0 fully saturated rings. The van der Waals surface area contributed by atoms with E-state index in [0.717, 1.165) is 36.0 Å². The van der Waals surface area contributed by atoms with Crippen molar-refractivity contribution >= 4 is 33.9 Å². The monoisotopic (exact) mass is 415 g/mol. The van der Waals surface area contributed by atoms with Crippen molar-refractivity contribution < 1.29 is 4.79 Å². The highest BCUT2D eigenvalue weighted by atomic mass is 16.1. The molecule has 2 heterocycles. The number of amides is 1. The molecule has 2 aromatic heterocycles. The first-order valence-corrected chi connectivity index (χ1v) is 10.9. The largest absolute Gasteiger partial charge is 0.384 e. The predicted molar refractivity (Wildman–Crippen MR) is 126 cm³/mol. The Morgan fingerprint density at radius 2 is 1.61 bits per heavy atom. The van der Waals surface area contributed by atoms with Gasteiger partial charge in [-0.15, -0.1) is 0 Å². The molecule has 4 aromatic rings. The zero-order valence-electron chi connectivity index (χ0n) is 18.3. The number of anilines is 1. The third-order valence-corrected chi connectivity index (χ3v) is 5.54. The first-order valence-electron chi connectivity index (χ1n) is 10.9. The summed E-state index contributed by atoms with van der Waals surface area (Å²) in [6, 6.07) is 17.4. The van der Waals surface area contributed by atoms with Gasteiger partial charge < -0.3 is 11.1 Å². The minimum absolute atomic E-state index is 0.0502. The highest BCUT2D eigenvalue weighted by Gasteiger charge is 2.25. The van der Waals surface area contributed by atoms with Gasteiger partial charge in [0, 0.05) is 11.7 Å². The molecular weight excluding hydrogens is 386 g/mol. The second kappa shape index (κ2) is 8.76. The number of para-hydroxylation sites is 3. The molecule has 0 unspecified atom stereocenters. The summed E-state index contributed by atoms with van der Waals surface area (Å²) >= 11 is 0. The summed E-state index contributed by atoms with van der Waals surface area (Å²) in [6.45, 7) is 6.46. The Hall–Kier alpha value is -3.41. The third-order valence-electron chi connectivity index (χ3n) is 5.54. The smallest absolute Gasteiger partial charge is 0.257 e. The summed E-state index contributed by atoms with van der Waals surface area (Å²) < 4.78 is 1.81. The fourth-order valence-electron chi connectivity index (χ4n) is 3.92. The van der Waals surface area contributed by atoms with E-state index in [4.69, 9.17) is 15.7 Å². The summed E-state index contributed by atoms with van der Waals surface area (Å²) in [6.07, 6.45) is 3.15. The molecule has 1 atom stereocenters. The summed E-state index contributed by atoms with van der Waals surface area (Å²) in [5.41, 5.74) is 10.4. The number of fused-ring (bicyclic) bond motifs is 2. The van der Waals surface area contributed by atoms with Crippen molar-refractivity contribution in [2.24, 2.45) is 5.92 Å². The number of rotatable bonds is 7. The number of nitrogens with one attached hydrogen (secondary N) is 1. The van der Waals surface area contributed by atoms with Gasteiger partial charge >= 0.3 is 0 Å². The van der Waals surface area contributed by atoms with Crippen LogP contribution in [0, 0.1) is 5.92 Å². The average molecular weight is 416 g/mol. The van der Waals surface area contributed by atoms with Crippen LogP contribution in [0.4, 0.5) is 5.82 Å². The van der Waals surface area contributed by atoms with Crippen LogP contribution in [-0.2, 0) is 0 Å². The standard InChI is InChI=1S/C25H29N5O/c1-16(2)10-9-11-17(3)27-25(31)21-22-24(29-20-15-8-7-14-19(20)28-22)30(23(21)26)18-12-5-4-6-13-18/h4-8,12-17H,9-11,26H2,1-3H3,(H,27,31)/t17-/m0/s1. The molecule has 0 radical (unpaired) electrons. The normalized spacial score (nSPS) is 12.5. The van der Waals surface area contributed by atoms with Crippen LogP contribution >= 0.6 is 0 Å². The maximum Gasteiger partial charge on any atom is 0.257 e. The van der Waals surface area contributed by atoms with Crippen molar-refractivity contribution in [3.63, 3.8) is 0 Å². The molecule has 0 spiro atoms. The second-order valence-electron chi connectivity index (χ2n) is 8.51. The minimum Gasteiger partial charge on any atom is -0.384 e. The molecule has 3 N–H and O–H groups in total. The first-order chi connectivity index (χ1) is 15.0. The van der Waals surface area contributed by atoms with Gasteiger partial charge in [-0.25, -0.2) is 9.97 Å². The van der Waals surface area contributed by atoms with Gasteiger partial charge in [-0.05, 0) is 43.5 Å². The molecule has 0 saturated carbocycles. The Balaban J connectivity index is 1.78. The molecule has 160 valence electrons. The SMILES string of the molecule is CC(C)CCC[C@H](C)NC(=O)c1c(N)n(-c2ccccc2)c2nc3ccccc3nc12. The average Bonchev–Trinajstić information content (AvgIpc) is 3.03. The van der Waals surface area contributed by atoms with Crippen molar-refractivity contribution in [1.82, 2.24) is 19.9 Å². The van der Waals surface area contributed by atoms with Crippen LogP contribution in [-0.4, -0.2) is 26.5 Å². The van der Waals surface area contributed by atoms with E-state index in [-0.39, 0.29) is 11.9 Å². The number of carbonyl (C=O) groups excluding carboxylic acids is 1. The molecule has 6 nitrogen and oxygen atoms in total. The van der Waals surface area contributed by atoms with Gasteiger partial charge in [0.25, 0.3) is 5.91 Å². The van der Waals surface area contributed by atoms with Crippen LogP contribution in [0.25, 0.3) is 27.9 Å². The third kappa shape index (κ3) is 4.24. The molecule has 0 saturated heterocycles. The number of carbonyl (C=O) groups is 1. The van der Waals surface area contributed by atoms with E-state index in [0.29, 0.717) is 28.5 Å². The number of nitrogens with zero attached hydrogens (tertiary/aromatic N) is 3. The van der Waals surface area contributed by atoms with Gasteiger partial charge in [0.15, 0.2) is 5.65 Å². The lowest BCUT2D eigenvalue weighted by Crippen LogP contribution is -2.33. The zero-order chi connectivity index (χ0) is 22.0. The van der Waals surface area contributed by atoms with E-state index >= 15 is 0 Å². The van der Waals surface area contributed by atoms with E-state index in [2.05, 4.69) is 19.2 Å². The first kappa shape index (κ1) is 20.8. The van der Waals surface area contributed by atoms with Crippen LogP contribution in [0.15, 0.2) is 54.6 Å². The Morgan fingerprint density at radius 3 is 2.29 bits per heavy atom. The van der Waals surface area contributed by atoms with Crippen LogP contribution in [0.1, 0.15) is 50.4 Å². The van der Waals surface area contributed by atoms with Crippen molar-refractivity contribution in [3.8, 4) is 5.69 Å². The molecule has 0 bridgehead atoms. The lowest BCUT2D eigenvalue weighted by molar-refractivity contribution is 0.0940. The molecule has 31 heavy (non-hydrogen) atoms. The van der Waals surface area contributed by atoms with Gasteiger partial charge in [0.2, 0.25) is 0 Å². The van der Waals surface area contributed by atoms with E-state index in [1.165, 1.54) is 0 Å². The van der Waals surface area contributed by atoms with Crippen molar-refractivity contribution in [3.05, 3.63) is 60.2 Å². The van der Waals surface area contributed by atoms with Gasteiger partial charge in [-0.2, -0.15) is 0 Å². The number of hydrogen-bond acceptors (Lipinski definition) is 4. The molecule has 6 heteroatoms. The number of nitrogen functional groups attached to an aromatic ring is 1. The van der Waals surface area contributed by atoms with Crippen LogP contribution < -0.4 is 11.1 Å². The Kier molecular flexibility index (Phi) is 5.89. The van der Waals surface area contributed by atoms with Crippen molar-refractivity contribution in [1.29, 1.82) is 0 Å². The van der Waals surface area contributed by atoms with Gasteiger partial charge in [0.05, 0.1) is 11.0 Å². The van der Waals surface area contributed by atoms with Crippen LogP contribution in [0.2, 0.25) is 0 Å². The van der Waals surface area contributed by atoms with E-state index < -0.39 is 0 Å². The quantitative estimate of drug-likeness (QED) is 0.440. The summed E-state index contributed by atoms with van der Waals surface area (Å²) in [7, 11) is 0. The van der Waals surface area contributed by atoms with Crippen molar-refractivity contribution in [2.45, 2.75) is 46.1 Å². The highest BCUT2D eigenvalue weighted by molar-refractivity contribution is 6.11. The number of nitrogens with two attached hydrogens (primary N) is 1. The fourth-order valence-corrected chi connectivity index (χ4v) is 3.92. The summed E-state index contributed by atoms with van der Waals surface area (Å²) in [4.78, 5) is 22.9. The molecular formula is C25H29N5O. The molecule has 2 aromatic carbocycles. The Labute approximate surface area is 182 Å². The Morgan fingerprint density at radius 1 is 0.968 bits per heavy atom. The van der Waals surface area contributed by atoms with Crippen LogP contribution in [0.3, 0.4) is 0 Å². The highest BCUT2D eigenvalue weighted by Crippen LogP contribution is 2.31. The maximum atomic E-state index is 13.3. The van der Waals surface area contributed by atoms with Gasteiger partial charge in [-0.3, -0.25) is 9.36 Å². The molecule has 4 rings (SSSR count). The summed E-state index contributed by atoms with van der Waals surface area (Å²) in [5.74, 6) is 0.799. The van der Waals surface area contributed by atoms with Gasteiger partial charge in [-0.1, -0.05) is 57.0 Å². The predicted octanol–water partition coefficient (Wildman–Crippen LogP) is 5.10. The number of hydrogen-bond donors (Lipinski definition) is 2. The van der Waals surface area contributed by atoms with E-state index in [1.54, 1.807) is 0 Å². The second-order valence-corrected chi connectivity index (χ2v) is 8.51. The molecule has 0 aliphatic carbocycles. The summed E-state index contributed by atoms with van der Waals surface area (Å²) in [5, 5.41) is 3.12. The lowest BCUT2D eigenvalue weighted by atomic mass is 10.0. The van der Waals surface area contributed by atoms with Crippen LogP contribution in [0.5, 0.6) is 0 Å². The lowest BCUT2D eigenvalue weighted by Gasteiger charge is -2.14. The molecule has 0 aliphatic heterocycles. The zero-order valence-corrected chi connectivity index (χ0v) is 18.3. The number of benzene rings is 2. The maximum absolute atomic E-state index is 13.3.